The number of aromatic nitrogens is 3. The van der Waals surface area contributed by atoms with E-state index in [2.05, 4.69) is 15.4 Å². The highest BCUT2D eigenvalue weighted by molar-refractivity contribution is 7.13. The summed E-state index contributed by atoms with van der Waals surface area (Å²) in [7, 11) is 1.68. The van der Waals surface area contributed by atoms with E-state index in [1.54, 1.807) is 7.05 Å². The van der Waals surface area contributed by atoms with Crippen molar-refractivity contribution >= 4 is 22.9 Å². The summed E-state index contributed by atoms with van der Waals surface area (Å²) in [5.41, 5.74) is 4.94. The van der Waals surface area contributed by atoms with Gasteiger partial charge in [0.15, 0.2) is 0 Å². The number of thiazole rings is 1. The van der Waals surface area contributed by atoms with Gasteiger partial charge in [-0.15, -0.1) is 11.3 Å². The van der Waals surface area contributed by atoms with Crippen LogP contribution in [-0.2, 0) is 17.4 Å². The fourth-order valence-electron chi connectivity index (χ4n) is 3.89. The Hall–Kier alpha value is -2.80. The molecule has 3 aromatic rings. The maximum Gasteiger partial charge on any atom is 0.275 e. The third kappa shape index (κ3) is 5.25. The molecule has 0 unspecified atom stereocenters. The number of halogens is 3. The first-order valence-electron chi connectivity index (χ1n) is 11.0. The number of ether oxygens (including phenoxy) is 1. The molecular weight excluding hydrogens is 483 g/mol. The quantitative estimate of drug-likeness (QED) is 0.482. The highest BCUT2D eigenvalue weighted by Gasteiger charge is 2.30. The summed E-state index contributed by atoms with van der Waals surface area (Å²) in [5.74, 6) is -2.40. The summed E-state index contributed by atoms with van der Waals surface area (Å²) in [6.07, 6.45) is 0.495. The van der Waals surface area contributed by atoms with Gasteiger partial charge in [-0.2, -0.15) is 5.10 Å². The van der Waals surface area contributed by atoms with Gasteiger partial charge < -0.3 is 20.9 Å². The van der Waals surface area contributed by atoms with Gasteiger partial charge in [-0.1, -0.05) is 0 Å². The maximum atomic E-state index is 14.7. The number of nitrogens with zero attached hydrogens (tertiary/aromatic N) is 3. The molecule has 0 radical (unpaired) electrons. The van der Waals surface area contributed by atoms with Gasteiger partial charge in [-0.05, 0) is 44.4 Å². The number of amides is 1. The zero-order chi connectivity index (χ0) is 25.5. The zero-order valence-corrected chi connectivity index (χ0v) is 20.2. The molecule has 1 fully saturated rings. The molecule has 1 amide bonds. The number of aliphatic hydroxyl groups is 1. The largest absolute Gasteiger partial charge is 0.386 e. The number of nitrogens with one attached hydrogen (secondary N) is 1. The lowest BCUT2D eigenvalue weighted by Gasteiger charge is -2.18. The Kier molecular flexibility index (Phi) is 7.00. The van der Waals surface area contributed by atoms with Gasteiger partial charge in [-0.3, -0.25) is 9.48 Å². The van der Waals surface area contributed by atoms with Gasteiger partial charge in [0.25, 0.3) is 5.91 Å². The van der Waals surface area contributed by atoms with Crippen LogP contribution in [0, 0.1) is 11.6 Å². The van der Waals surface area contributed by atoms with Crippen molar-refractivity contribution in [2.45, 2.75) is 50.6 Å². The minimum atomic E-state index is -1.42. The molecule has 3 heterocycles. The fraction of sp³-hybridized carbons (Fsp3) is 0.435. The summed E-state index contributed by atoms with van der Waals surface area (Å²) >= 11 is 0.908. The van der Waals surface area contributed by atoms with E-state index >= 15 is 0 Å². The van der Waals surface area contributed by atoms with Crippen LogP contribution < -0.4 is 11.1 Å². The van der Waals surface area contributed by atoms with E-state index in [1.807, 2.05) is 0 Å². The lowest BCUT2D eigenvalue weighted by atomic mass is 9.96. The number of benzene rings is 1. The average molecular weight is 510 g/mol. The van der Waals surface area contributed by atoms with E-state index in [0.717, 1.165) is 23.5 Å². The average Bonchev–Trinajstić information content (AvgIpc) is 3.36. The zero-order valence-electron chi connectivity index (χ0n) is 19.4. The predicted octanol–water partition coefficient (Wildman–Crippen LogP) is 3.82. The summed E-state index contributed by atoms with van der Waals surface area (Å²) < 4.78 is 50.5. The first kappa shape index (κ1) is 25.3. The third-order valence-corrected chi connectivity index (χ3v) is 6.78. The summed E-state index contributed by atoms with van der Waals surface area (Å²) in [6.45, 7) is 2.68. The molecule has 1 aromatic carbocycles. The number of aryl methyl sites for hydroxylation is 1. The third-order valence-electron chi connectivity index (χ3n) is 5.92. The van der Waals surface area contributed by atoms with Crippen LogP contribution in [0.4, 0.5) is 18.9 Å². The monoisotopic (exact) mass is 509 g/mol. The highest BCUT2D eigenvalue weighted by Crippen LogP contribution is 2.34. The number of carbonyl (C=O) groups is 1. The molecule has 12 heteroatoms. The van der Waals surface area contributed by atoms with Crippen molar-refractivity contribution < 1.29 is 27.8 Å². The Balaban J connectivity index is 1.56. The topological polar surface area (TPSA) is 115 Å². The number of hydrogen-bond donors (Lipinski definition) is 3. The van der Waals surface area contributed by atoms with E-state index in [-0.39, 0.29) is 28.4 Å². The van der Waals surface area contributed by atoms with Crippen LogP contribution >= 0.6 is 11.3 Å². The predicted molar refractivity (Wildman–Crippen MR) is 125 cm³/mol. The first-order chi connectivity index (χ1) is 16.5. The number of carbonyl (C=O) groups excluding carboxylic acids is 1. The molecule has 188 valence electrons. The number of alkyl halides is 1. The molecule has 1 saturated heterocycles. The van der Waals surface area contributed by atoms with Crippen molar-refractivity contribution in [2.24, 2.45) is 12.8 Å². The summed E-state index contributed by atoms with van der Waals surface area (Å²) in [5, 5.41) is 18.3. The van der Waals surface area contributed by atoms with Crippen LogP contribution in [0.15, 0.2) is 23.7 Å². The smallest absolute Gasteiger partial charge is 0.275 e. The SMILES string of the molecule is Cn1ncc(NC(=O)c2csc(-c3c(F)cc(C(C)(C)O)cc3F)n2)c1[C@@H]1CC[C@@H](N)[C@H](F)CO1. The van der Waals surface area contributed by atoms with E-state index < -0.39 is 41.5 Å². The summed E-state index contributed by atoms with van der Waals surface area (Å²) in [6, 6.07) is 1.46. The number of nitrogens with two attached hydrogens (primary N) is 1. The van der Waals surface area contributed by atoms with Crippen LogP contribution in [0.5, 0.6) is 0 Å². The second-order valence-electron chi connectivity index (χ2n) is 9.01. The van der Waals surface area contributed by atoms with Crippen molar-refractivity contribution in [1.29, 1.82) is 0 Å². The van der Waals surface area contributed by atoms with Crippen molar-refractivity contribution in [1.82, 2.24) is 14.8 Å². The first-order valence-corrected chi connectivity index (χ1v) is 11.9. The van der Waals surface area contributed by atoms with Crippen LogP contribution in [0.3, 0.4) is 0 Å². The molecule has 4 N–H and O–H groups in total. The fourth-order valence-corrected chi connectivity index (χ4v) is 4.74. The minimum Gasteiger partial charge on any atom is -0.386 e. The molecule has 1 aliphatic heterocycles. The van der Waals surface area contributed by atoms with Crippen LogP contribution in [0.25, 0.3) is 10.6 Å². The second-order valence-corrected chi connectivity index (χ2v) is 9.87. The van der Waals surface area contributed by atoms with E-state index in [4.69, 9.17) is 10.5 Å². The number of anilines is 1. The Bertz CT molecular complexity index is 1200. The highest BCUT2D eigenvalue weighted by atomic mass is 32.1. The molecule has 3 atom stereocenters. The Morgan fingerprint density at radius 2 is 2.00 bits per heavy atom. The molecule has 35 heavy (non-hydrogen) atoms. The summed E-state index contributed by atoms with van der Waals surface area (Å²) in [4.78, 5) is 17.0. The standard InChI is InChI=1S/C23H26F3N5O3S/c1-23(2,33)11-6-12(24)19(13(25)7-11)22-30-17(10-35-22)21(32)29-16-8-28-31(3)20(16)18-5-4-15(27)14(26)9-34-18/h6-8,10,14-15,18,33H,4-5,9,27H2,1-3H3,(H,29,32)/t14-,15-,18+/m1/s1. The maximum absolute atomic E-state index is 14.7. The molecule has 0 bridgehead atoms. The minimum absolute atomic E-state index is 0.0195. The molecule has 1 aliphatic rings. The van der Waals surface area contributed by atoms with Crippen LogP contribution in [-0.4, -0.2) is 44.6 Å². The van der Waals surface area contributed by atoms with Crippen LogP contribution in [0.2, 0.25) is 0 Å². The molecule has 0 aliphatic carbocycles. The van der Waals surface area contributed by atoms with Crippen molar-refractivity contribution in [3.63, 3.8) is 0 Å². The van der Waals surface area contributed by atoms with Gasteiger partial charge >= 0.3 is 0 Å². The van der Waals surface area contributed by atoms with Gasteiger partial charge in [-0.25, -0.2) is 18.2 Å². The van der Waals surface area contributed by atoms with Crippen LogP contribution in [0.1, 0.15) is 54.5 Å². The van der Waals surface area contributed by atoms with Gasteiger partial charge in [0.05, 0.1) is 35.3 Å². The molecule has 8 nitrogen and oxygen atoms in total. The van der Waals surface area contributed by atoms with E-state index in [9.17, 15) is 23.1 Å². The van der Waals surface area contributed by atoms with Gasteiger partial charge in [0, 0.05) is 18.5 Å². The molecule has 4 rings (SSSR count). The molecule has 0 saturated carbocycles. The molecular formula is C23H26F3N5O3S. The van der Waals surface area contributed by atoms with E-state index in [0.29, 0.717) is 24.2 Å². The van der Waals surface area contributed by atoms with Crippen molar-refractivity contribution in [2.75, 3.05) is 11.9 Å². The van der Waals surface area contributed by atoms with Gasteiger partial charge in [0.1, 0.15) is 34.6 Å². The number of hydrogen-bond acceptors (Lipinski definition) is 7. The Labute approximate surface area is 203 Å². The van der Waals surface area contributed by atoms with Crippen molar-refractivity contribution in [3.05, 3.63) is 52.3 Å². The Morgan fingerprint density at radius 3 is 2.66 bits per heavy atom. The number of rotatable bonds is 5. The van der Waals surface area contributed by atoms with E-state index in [1.165, 1.54) is 30.1 Å². The van der Waals surface area contributed by atoms with Gasteiger partial charge in [0.2, 0.25) is 0 Å². The molecule has 2 aromatic heterocycles. The molecule has 0 spiro atoms. The Morgan fingerprint density at radius 1 is 1.31 bits per heavy atom. The second kappa shape index (κ2) is 9.69. The normalized spacial score (nSPS) is 21.1. The lowest BCUT2D eigenvalue weighted by molar-refractivity contribution is 0.0247. The lowest BCUT2D eigenvalue weighted by Crippen LogP contribution is -2.32. The van der Waals surface area contributed by atoms with Crippen molar-refractivity contribution in [3.8, 4) is 10.6 Å².